The van der Waals surface area contributed by atoms with E-state index in [1.54, 1.807) is 35.6 Å². The lowest BCUT2D eigenvalue weighted by Gasteiger charge is -2.15. The van der Waals surface area contributed by atoms with Crippen molar-refractivity contribution < 1.29 is 13.2 Å². The number of benzene rings is 1. The third-order valence-corrected chi connectivity index (χ3v) is 5.54. The van der Waals surface area contributed by atoms with E-state index < -0.39 is 10.0 Å². The Kier molecular flexibility index (Phi) is 4.68. The number of imidazole rings is 1. The minimum absolute atomic E-state index is 0.0259. The van der Waals surface area contributed by atoms with Gasteiger partial charge in [-0.1, -0.05) is 0 Å². The second-order valence-corrected chi connectivity index (χ2v) is 7.53. The largest absolute Gasteiger partial charge is 0.337 e. The van der Waals surface area contributed by atoms with Gasteiger partial charge >= 0.3 is 0 Å². The van der Waals surface area contributed by atoms with Crippen LogP contribution in [0.1, 0.15) is 18.9 Å². The highest BCUT2D eigenvalue weighted by molar-refractivity contribution is 7.89. The Morgan fingerprint density at radius 3 is 2.92 bits per heavy atom. The number of hydrogen-bond donors (Lipinski definition) is 1. The maximum Gasteiger partial charge on any atom is 0.240 e. The van der Waals surface area contributed by atoms with E-state index in [0.717, 1.165) is 11.3 Å². The molecular weight excluding hydrogens is 328 g/mol. The van der Waals surface area contributed by atoms with Gasteiger partial charge in [-0.15, -0.1) is 0 Å². The lowest BCUT2D eigenvalue weighted by Crippen LogP contribution is -2.26. The number of nitrogens with zero attached hydrogens (tertiary/aromatic N) is 3. The molecule has 1 aliphatic rings. The predicted molar refractivity (Wildman–Crippen MR) is 90.2 cm³/mol. The maximum absolute atomic E-state index is 12.4. The van der Waals surface area contributed by atoms with Gasteiger partial charge in [-0.05, 0) is 36.6 Å². The maximum atomic E-state index is 12.4. The highest BCUT2D eigenvalue weighted by Crippen LogP contribution is 2.30. The predicted octanol–water partition coefficient (Wildman–Crippen LogP) is 1.16. The Balaban J connectivity index is 1.64. The summed E-state index contributed by atoms with van der Waals surface area (Å²) in [4.78, 5) is 17.4. The van der Waals surface area contributed by atoms with Crippen LogP contribution in [-0.2, 0) is 27.8 Å². The average molecular weight is 348 g/mol. The van der Waals surface area contributed by atoms with Gasteiger partial charge in [0.15, 0.2) is 0 Å². The summed E-state index contributed by atoms with van der Waals surface area (Å²) in [6.45, 7) is 3.19. The quantitative estimate of drug-likeness (QED) is 0.794. The molecule has 3 rings (SSSR count). The summed E-state index contributed by atoms with van der Waals surface area (Å²) in [7, 11) is -3.54. The molecule has 128 valence electrons. The van der Waals surface area contributed by atoms with Gasteiger partial charge in [-0.25, -0.2) is 18.1 Å². The first kappa shape index (κ1) is 16.7. The van der Waals surface area contributed by atoms with Crippen molar-refractivity contribution in [2.45, 2.75) is 31.2 Å². The van der Waals surface area contributed by atoms with Crippen LogP contribution in [0.3, 0.4) is 0 Å². The smallest absolute Gasteiger partial charge is 0.240 e. The summed E-state index contributed by atoms with van der Waals surface area (Å²) in [6, 6.07) is 4.93. The molecule has 0 spiro atoms. The number of amides is 1. The van der Waals surface area contributed by atoms with Crippen molar-refractivity contribution in [1.82, 2.24) is 14.3 Å². The molecule has 0 fully saturated rings. The van der Waals surface area contributed by atoms with Gasteiger partial charge in [0, 0.05) is 44.6 Å². The molecule has 1 amide bonds. The van der Waals surface area contributed by atoms with Crippen LogP contribution in [0.4, 0.5) is 5.69 Å². The van der Waals surface area contributed by atoms with Crippen molar-refractivity contribution in [3.05, 3.63) is 42.5 Å². The van der Waals surface area contributed by atoms with Crippen molar-refractivity contribution in [2.75, 3.05) is 18.0 Å². The molecule has 0 saturated carbocycles. The zero-order valence-electron chi connectivity index (χ0n) is 13.5. The fourth-order valence-electron chi connectivity index (χ4n) is 2.84. The summed E-state index contributed by atoms with van der Waals surface area (Å²) in [6.07, 6.45) is 6.60. The molecule has 1 aromatic heterocycles. The van der Waals surface area contributed by atoms with E-state index in [-0.39, 0.29) is 10.8 Å². The fraction of sp³-hybridized carbons (Fsp3) is 0.375. The molecule has 24 heavy (non-hydrogen) atoms. The molecule has 7 nitrogen and oxygen atoms in total. The fourth-order valence-corrected chi connectivity index (χ4v) is 3.97. The molecule has 2 aromatic rings. The van der Waals surface area contributed by atoms with Crippen LogP contribution in [0.2, 0.25) is 0 Å². The summed E-state index contributed by atoms with van der Waals surface area (Å²) in [5.41, 5.74) is 1.70. The lowest BCUT2D eigenvalue weighted by atomic mass is 10.2. The SMILES string of the molecule is CC(=O)N1CCc2cc(S(=O)(=O)NCCCn3ccnc3)ccc21. The number of anilines is 1. The van der Waals surface area contributed by atoms with Crippen molar-refractivity contribution in [3.8, 4) is 0 Å². The molecule has 2 heterocycles. The molecule has 8 heteroatoms. The van der Waals surface area contributed by atoms with E-state index in [1.165, 1.54) is 6.92 Å². The van der Waals surface area contributed by atoms with E-state index in [4.69, 9.17) is 0 Å². The Bertz CT molecular complexity index is 831. The van der Waals surface area contributed by atoms with Gasteiger partial charge in [0.2, 0.25) is 15.9 Å². The van der Waals surface area contributed by atoms with E-state index >= 15 is 0 Å². The van der Waals surface area contributed by atoms with Crippen molar-refractivity contribution in [2.24, 2.45) is 0 Å². The number of hydrogen-bond acceptors (Lipinski definition) is 4. The van der Waals surface area contributed by atoms with E-state index in [2.05, 4.69) is 9.71 Å². The first-order chi connectivity index (χ1) is 11.5. The van der Waals surface area contributed by atoms with Crippen LogP contribution in [0.5, 0.6) is 0 Å². The number of sulfonamides is 1. The Morgan fingerprint density at radius 2 is 2.21 bits per heavy atom. The molecular formula is C16H20N4O3S. The third kappa shape index (κ3) is 3.49. The second kappa shape index (κ2) is 6.74. The minimum atomic E-state index is -3.54. The van der Waals surface area contributed by atoms with Crippen molar-refractivity contribution in [1.29, 1.82) is 0 Å². The molecule has 0 radical (unpaired) electrons. The highest BCUT2D eigenvalue weighted by Gasteiger charge is 2.24. The standard InChI is InChI=1S/C16H20N4O3S/c1-13(21)20-9-5-14-11-15(3-4-16(14)20)24(22,23)18-6-2-8-19-10-7-17-12-19/h3-4,7,10-12,18H,2,5-6,8-9H2,1H3. The normalized spacial score (nSPS) is 14.0. The summed E-state index contributed by atoms with van der Waals surface area (Å²) >= 11 is 0. The number of fused-ring (bicyclic) bond motifs is 1. The Labute approximate surface area is 141 Å². The van der Waals surface area contributed by atoms with Gasteiger partial charge in [0.1, 0.15) is 0 Å². The van der Waals surface area contributed by atoms with Crippen LogP contribution in [-0.4, -0.2) is 37.0 Å². The van der Waals surface area contributed by atoms with Crippen LogP contribution in [0.25, 0.3) is 0 Å². The Hall–Kier alpha value is -2.19. The van der Waals surface area contributed by atoms with Gasteiger partial charge in [0.05, 0.1) is 11.2 Å². The number of carbonyl (C=O) groups excluding carboxylic acids is 1. The number of rotatable bonds is 6. The Morgan fingerprint density at radius 1 is 1.38 bits per heavy atom. The monoisotopic (exact) mass is 348 g/mol. The molecule has 0 unspecified atom stereocenters. The first-order valence-corrected chi connectivity index (χ1v) is 9.32. The zero-order valence-corrected chi connectivity index (χ0v) is 14.3. The molecule has 0 saturated heterocycles. The average Bonchev–Trinajstić information content (AvgIpc) is 3.20. The summed E-state index contributed by atoms with van der Waals surface area (Å²) < 4.78 is 29.3. The highest BCUT2D eigenvalue weighted by atomic mass is 32.2. The molecule has 1 aliphatic heterocycles. The van der Waals surface area contributed by atoms with E-state index in [9.17, 15) is 13.2 Å². The minimum Gasteiger partial charge on any atom is -0.337 e. The van der Waals surface area contributed by atoms with E-state index in [1.807, 2.05) is 10.8 Å². The van der Waals surface area contributed by atoms with Crippen LogP contribution in [0.15, 0.2) is 41.8 Å². The van der Waals surface area contributed by atoms with Crippen LogP contribution < -0.4 is 9.62 Å². The summed E-state index contributed by atoms with van der Waals surface area (Å²) in [5, 5.41) is 0. The molecule has 1 N–H and O–H groups in total. The third-order valence-electron chi connectivity index (χ3n) is 4.08. The zero-order chi connectivity index (χ0) is 17.2. The number of aryl methyl sites for hydroxylation is 1. The topological polar surface area (TPSA) is 84.3 Å². The van der Waals surface area contributed by atoms with Gasteiger partial charge in [-0.2, -0.15) is 0 Å². The molecule has 0 aliphatic carbocycles. The molecule has 1 aromatic carbocycles. The summed E-state index contributed by atoms with van der Waals surface area (Å²) in [5.74, 6) is -0.0259. The van der Waals surface area contributed by atoms with Crippen molar-refractivity contribution in [3.63, 3.8) is 0 Å². The van der Waals surface area contributed by atoms with Crippen molar-refractivity contribution >= 4 is 21.6 Å². The number of carbonyl (C=O) groups is 1. The van der Waals surface area contributed by atoms with Crippen LogP contribution in [0, 0.1) is 0 Å². The molecule has 0 bridgehead atoms. The van der Waals surface area contributed by atoms with Gasteiger partial charge < -0.3 is 9.47 Å². The second-order valence-electron chi connectivity index (χ2n) is 5.76. The van der Waals surface area contributed by atoms with Crippen LogP contribution >= 0.6 is 0 Å². The van der Waals surface area contributed by atoms with Gasteiger partial charge in [-0.3, -0.25) is 4.79 Å². The lowest BCUT2D eigenvalue weighted by molar-refractivity contribution is -0.116. The first-order valence-electron chi connectivity index (χ1n) is 7.84. The molecule has 0 atom stereocenters. The number of nitrogens with one attached hydrogen (secondary N) is 1. The van der Waals surface area contributed by atoms with Gasteiger partial charge in [0.25, 0.3) is 0 Å². The van der Waals surface area contributed by atoms with E-state index in [0.29, 0.717) is 32.5 Å². The number of aromatic nitrogens is 2.